The number of rotatable bonds is 2. The molecule has 0 radical (unpaired) electrons. The summed E-state index contributed by atoms with van der Waals surface area (Å²) >= 11 is 0. The number of hydrogen-bond acceptors (Lipinski definition) is 1. The van der Waals surface area contributed by atoms with Crippen LogP contribution in [0.3, 0.4) is 0 Å². The molecule has 0 bridgehead atoms. The summed E-state index contributed by atoms with van der Waals surface area (Å²) in [5.74, 6) is -1.89. The maximum Gasteiger partial charge on any atom is 0.393 e. The molecule has 13 heavy (non-hydrogen) atoms. The first-order chi connectivity index (χ1) is 5.82. The minimum atomic E-state index is -4.16. The summed E-state index contributed by atoms with van der Waals surface area (Å²) in [5.41, 5.74) is 0. The molecular formula is C8H12F3NO. The fourth-order valence-corrected chi connectivity index (χ4v) is 1.07. The quantitative estimate of drug-likeness (QED) is 0.714. The molecule has 76 valence electrons. The van der Waals surface area contributed by atoms with Crippen molar-refractivity contribution in [2.24, 2.45) is 11.8 Å². The summed E-state index contributed by atoms with van der Waals surface area (Å²) in [6.07, 6.45) is -4.13. The molecule has 1 saturated carbocycles. The van der Waals surface area contributed by atoms with E-state index in [0.717, 1.165) is 0 Å². The third-order valence-electron chi connectivity index (χ3n) is 2.06. The first kappa shape index (κ1) is 10.3. The number of carbonyl (C=O) groups excluding carboxylic acids is 1. The van der Waals surface area contributed by atoms with Crippen LogP contribution in [0.1, 0.15) is 20.3 Å². The first-order valence-corrected chi connectivity index (χ1v) is 4.19. The number of hydrogen-bond donors (Lipinski definition) is 1. The van der Waals surface area contributed by atoms with Crippen LogP contribution in [0.4, 0.5) is 13.2 Å². The van der Waals surface area contributed by atoms with E-state index in [-0.39, 0.29) is 18.2 Å². The number of amides is 1. The molecule has 1 aliphatic rings. The Kier molecular flexibility index (Phi) is 2.54. The zero-order valence-electron chi connectivity index (χ0n) is 7.48. The SMILES string of the molecule is CC(C)C(=O)NC1CC1C(F)(F)F. The summed E-state index contributed by atoms with van der Waals surface area (Å²) in [6.45, 7) is 3.31. The maximum absolute atomic E-state index is 12.0. The standard InChI is InChI=1S/C8H12F3NO/c1-4(2)7(13)12-6-3-5(6)8(9,10)11/h4-6H,3H2,1-2H3,(H,12,13). The van der Waals surface area contributed by atoms with Crippen LogP contribution in [0.15, 0.2) is 0 Å². The molecule has 5 heteroatoms. The molecule has 0 aromatic heterocycles. The van der Waals surface area contributed by atoms with Gasteiger partial charge in [-0.2, -0.15) is 13.2 Å². The second kappa shape index (κ2) is 3.20. The van der Waals surface area contributed by atoms with Crippen LogP contribution in [-0.2, 0) is 4.79 Å². The molecule has 1 fully saturated rings. The van der Waals surface area contributed by atoms with Gasteiger partial charge in [-0.3, -0.25) is 4.79 Å². The number of halogens is 3. The van der Waals surface area contributed by atoms with Crippen LogP contribution in [0.2, 0.25) is 0 Å². The van der Waals surface area contributed by atoms with Crippen LogP contribution >= 0.6 is 0 Å². The van der Waals surface area contributed by atoms with E-state index in [2.05, 4.69) is 5.32 Å². The predicted octanol–water partition coefficient (Wildman–Crippen LogP) is 1.71. The molecule has 1 rings (SSSR count). The zero-order valence-corrected chi connectivity index (χ0v) is 7.48. The zero-order chi connectivity index (χ0) is 10.2. The van der Waals surface area contributed by atoms with Crippen LogP contribution < -0.4 is 5.32 Å². The summed E-state index contributed by atoms with van der Waals surface area (Å²) in [4.78, 5) is 11.0. The van der Waals surface area contributed by atoms with Gasteiger partial charge in [0.2, 0.25) is 5.91 Å². The highest BCUT2D eigenvalue weighted by atomic mass is 19.4. The van der Waals surface area contributed by atoms with Crippen molar-refractivity contribution in [1.29, 1.82) is 0 Å². The van der Waals surface area contributed by atoms with E-state index in [9.17, 15) is 18.0 Å². The van der Waals surface area contributed by atoms with Crippen molar-refractivity contribution in [1.82, 2.24) is 5.32 Å². The average Bonchev–Trinajstić information content (AvgIpc) is 2.65. The Bertz CT molecular complexity index is 212. The molecule has 0 aromatic carbocycles. The molecule has 2 atom stereocenters. The van der Waals surface area contributed by atoms with Crippen molar-refractivity contribution >= 4 is 5.91 Å². The van der Waals surface area contributed by atoms with Gasteiger partial charge in [-0.1, -0.05) is 13.8 Å². The Balaban J connectivity index is 2.33. The van der Waals surface area contributed by atoms with E-state index in [1.165, 1.54) is 0 Å². The van der Waals surface area contributed by atoms with Crippen molar-refractivity contribution in [3.8, 4) is 0 Å². The van der Waals surface area contributed by atoms with E-state index >= 15 is 0 Å². The van der Waals surface area contributed by atoms with Crippen molar-refractivity contribution in [3.05, 3.63) is 0 Å². The maximum atomic E-state index is 12.0. The van der Waals surface area contributed by atoms with Gasteiger partial charge in [0.25, 0.3) is 0 Å². The van der Waals surface area contributed by atoms with Gasteiger partial charge in [-0.05, 0) is 6.42 Å². The van der Waals surface area contributed by atoms with E-state index in [1.807, 2.05) is 0 Å². The Hall–Kier alpha value is -0.740. The third-order valence-corrected chi connectivity index (χ3v) is 2.06. The highest BCUT2D eigenvalue weighted by Crippen LogP contribution is 2.44. The number of alkyl halides is 3. The molecule has 0 heterocycles. The number of carbonyl (C=O) groups is 1. The molecule has 0 saturated heterocycles. The summed E-state index contributed by atoms with van der Waals surface area (Å²) in [7, 11) is 0. The largest absolute Gasteiger partial charge is 0.393 e. The monoisotopic (exact) mass is 195 g/mol. The van der Waals surface area contributed by atoms with Gasteiger partial charge in [0.15, 0.2) is 0 Å². The second-order valence-electron chi connectivity index (χ2n) is 3.65. The van der Waals surface area contributed by atoms with Gasteiger partial charge in [0.05, 0.1) is 5.92 Å². The van der Waals surface area contributed by atoms with Gasteiger partial charge >= 0.3 is 6.18 Å². The van der Waals surface area contributed by atoms with Gasteiger partial charge in [0, 0.05) is 12.0 Å². The lowest BCUT2D eigenvalue weighted by Crippen LogP contribution is -2.32. The smallest absolute Gasteiger partial charge is 0.353 e. The van der Waals surface area contributed by atoms with Crippen molar-refractivity contribution in [2.75, 3.05) is 0 Å². The highest BCUT2D eigenvalue weighted by Gasteiger charge is 2.56. The Morgan fingerprint density at radius 1 is 1.46 bits per heavy atom. The van der Waals surface area contributed by atoms with Gasteiger partial charge in [0.1, 0.15) is 0 Å². The summed E-state index contributed by atoms with van der Waals surface area (Å²) < 4.78 is 36.0. The average molecular weight is 195 g/mol. The van der Waals surface area contributed by atoms with Crippen LogP contribution in [-0.4, -0.2) is 18.1 Å². The molecule has 1 aliphatic carbocycles. The molecular weight excluding hydrogens is 183 g/mol. The van der Waals surface area contributed by atoms with E-state index < -0.39 is 18.1 Å². The van der Waals surface area contributed by atoms with E-state index in [1.54, 1.807) is 13.8 Å². The van der Waals surface area contributed by atoms with Gasteiger partial charge in [-0.25, -0.2) is 0 Å². The molecule has 0 spiro atoms. The summed E-state index contributed by atoms with van der Waals surface area (Å²) in [6, 6.07) is -0.685. The van der Waals surface area contributed by atoms with Gasteiger partial charge < -0.3 is 5.32 Å². The van der Waals surface area contributed by atoms with Crippen LogP contribution in [0.5, 0.6) is 0 Å². The summed E-state index contributed by atoms with van der Waals surface area (Å²) in [5, 5.41) is 2.35. The molecule has 1 amide bonds. The van der Waals surface area contributed by atoms with Crippen molar-refractivity contribution in [3.63, 3.8) is 0 Å². The van der Waals surface area contributed by atoms with Crippen LogP contribution in [0.25, 0.3) is 0 Å². The molecule has 1 N–H and O–H groups in total. The fourth-order valence-electron chi connectivity index (χ4n) is 1.07. The molecule has 2 nitrogen and oxygen atoms in total. The lowest BCUT2D eigenvalue weighted by atomic mass is 10.2. The lowest BCUT2D eigenvalue weighted by molar-refractivity contribution is -0.149. The second-order valence-corrected chi connectivity index (χ2v) is 3.65. The molecule has 0 aliphatic heterocycles. The van der Waals surface area contributed by atoms with E-state index in [4.69, 9.17) is 0 Å². The van der Waals surface area contributed by atoms with Crippen molar-refractivity contribution in [2.45, 2.75) is 32.5 Å². The third kappa shape index (κ3) is 2.60. The Labute approximate surface area is 74.5 Å². The topological polar surface area (TPSA) is 29.1 Å². The van der Waals surface area contributed by atoms with Gasteiger partial charge in [-0.15, -0.1) is 0 Å². The van der Waals surface area contributed by atoms with Crippen LogP contribution in [0, 0.1) is 11.8 Å². The molecule has 2 unspecified atom stereocenters. The Morgan fingerprint density at radius 2 is 2.00 bits per heavy atom. The molecule has 0 aromatic rings. The number of nitrogens with one attached hydrogen (secondary N) is 1. The lowest BCUT2D eigenvalue weighted by Gasteiger charge is -2.08. The van der Waals surface area contributed by atoms with E-state index in [0.29, 0.717) is 0 Å². The van der Waals surface area contributed by atoms with Crippen molar-refractivity contribution < 1.29 is 18.0 Å². The first-order valence-electron chi connectivity index (χ1n) is 4.19. The minimum absolute atomic E-state index is 0.0297. The highest BCUT2D eigenvalue weighted by molar-refractivity contribution is 5.78. The minimum Gasteiger partial charge on any atom is -0.353 e. The predicted molar refractivity (Wildman–Crippen MR) is 40.9 cm³/mol. The normalized spacial score (nSPS) is 27.5. The fraction of sp³-hybridized carbons (Fsp3) is 0.875. The Morgan fingerprint density at radius 3 is 2.31 bits per heavy atom.